The summed E-state index contributed by atoms with van der Waals surface area (Å²) in [5.74, 6) is 0. The fourth-order valence-corrected chi connectivity index (χ4v) is 2.12. The Morgan fingerprint density at radius 2 is 2.06 bits per heavy atom. The van der Waals surface area contributed by atoms with E-state index in [-0.39, 0.29) is 5.69 Å². The third-order valence-corrected chi connectivity index (χ3v) is 3.06. The van der Waals surface area contributed by atoms with Gasteiger partial charge in [-0.15, -0.1) is 0 Å². The number of pyridine rings is 1. The summed E-state index contributed by atoms with van der Waals surface area (Å²) >= 11 is 3.24. The molecule has 0 atom stereocenters. The van der Waals surface area contributed by atoms with Crippen molar-refractivity contribution in [3.05, 3.63) is 44.2 Å². The highest BCUT2D eigenvalue weighted by Gasteiger charge is 2.13. The van der Waals surface area contributed by atoms with E-state index in [1.54, 1.807) is 19.1 Å². The van der Waals surface area contributed by atoms with Gasteiger partial charge < -0.3 is 4.98 Å². The van der Waals surface area contributed by atoms with Gasteiger partial charge in [0.25, 0.3) is 6.43 Å². The normalized spacial score (nSPS) is 11.3. The minimum Gasteiger partial charge on any atom is -0.353 e. The molecule has 0 amide bonds. The lowest BCUT2D eigenvalue weighted by Crippen LogP contribution is -2.07. The van der Waals surface area contributed by atoms with Gasteiger partial charge in [0.05, 0.1) is 16.6 Å². The van der Waals surface area contributed by atoms with Crippen molar-refractivity contribution in [1.82, 2.24) is 4.98 Å². The number of H-pyrrole nitrogens is 1. The maximum atomic E-state index is 12.5. The second-order valence-corrected chi connectivity index (χ2v) is 4.36. The predicted octanol–water partition coefficient (Wildman–Crippen LogP) is 3.54. The van der Waals surface area contributed by atoms with Crippen LogP contribution in [0, 0.1) is 6.92 Å². The quantitative estimate of drug-likeness (QED) is 0.855. The zero-order valence-electron chi connectivity index (χ0n) is 8.35. The third-order valence-electron chi connectivity index (χ3n) is 2.40. The molecule has 0 unspecified atom stereocenters. The minimum atomic E-state index is -2.67. The van der Waals surface area contributed by atoms with E-state index in [4.69, 9.17) is 0 Å². The number of aryl methyl sites for hydroxylation is 1. The number of halogens is 3. The van der Waals surface area contributed by atoms with Crippen LogP contribution in [-0.4, -0.2) is 4.98 Å². The van der Waals surface area contributed by atoms with Gasteiger partial charge >= 0.3 is 0 Å². The molecule has 0 aliphatic heterocycles. The van der Waals surface area contributed by atoms with Crippen LogP contribution in [0.3, 0.4) is 0 Å². The van der Waals surface area contributed by atoms with Gasteiger partial charge in [-0.05, 0) is 34.5 Å². The summed E-state index contributed by atoms with van der Waals surface area (Å²) in [4.78, 5) is 14.3. The highest BCUT2D eigenvalue weighted by Crippen LogP contribution is 2.24. The molecule has 1 aromatic carbocycles. The number of fused-ring (bicyclic) bond motifs is 1. The molecule has 0 radical (unpaired) electrons. The minimum absolute atomic E-state index is 0.348. The summed E-state index contributed by atoms with van der Waals surface area (Å²) in [6, 6.07) is 4.43. The molecule has 2 rings (SSSR count). The Kier molecular flexibility index (Phi) is 2.80. The Balaban J connectivity index is 2.92. The van der Waals surface area contributed by atoms with Gasteiger partial charge in [0.1, 0.15) is 0 Å². The van der Waals surface area contributed by atoms with Crippen LogP contribution >= 0.6 is 15.9 Å². The summed E-state index contributed by atoms with van der Waals surface area (Å²) in [6.07, 6.45) is -2.67. The largest absolute Gasteiger partial charge is 0.353 e. The molecular formula is C11H8BrF2NO. The monoisotopic (exact) mass is 287 g/mol. The van der Waals surface area contributed by atoms with Crippen LogP contribution in [0.25, 0.3) is 10.9 Å². The van der Waals surface area contributed by atoms with Crippen molar-refractivity contribution in [2.24, 2.45) is 0 Å². The van der Waals surface area contributed by atoms with Gasteiger partial charge in [-0.2, -0.15) is 0 Å². The summed E-state index contributed by atoms with van der Waals surface area (Å²) in [6.45, 7) is 1.76. The highest BCUT2D eigenvalue weighted by molar-refractivity contribution is 9.10. The maximum absolute atomic E-state index is 12.5. The number of hydrogen-bond acceptors (Lipinski definition) is 1. The van der Waals surface area contributed by atoms with E-state index in [9.17, 15) is 13.6 Å². The van der Waals surface area contributed by atoms with Crippen LogP contribution in [-0.2, 0) is 0 Å². The molecule has 5 heteroatoms. The number of alkyl halides is 2. The average molecular weight is 288 g/mol. The summed E-state index contributed by atoms with van der Waals surface area (Å²) < 4.78 is 25.7. The lowest BCUT2D eigenvalue weighted by Gasteiger charge is -2.07. The standard InChI is InChI=1S/C11H8BrF2NO/c1-5-2-3-6(12)9-8(16)4-7(11(13)14)15-10(5)9/h2-4,11H,1H3,(H,15,16). The molecule has 84 valence electrons. The molecule has 0 saturated carbocycles. The Morgan fingerprint density at radius 3 is 2.69 bits per heavy atom. The Morgan fingerprint density at radius 1 is 1.38 bits per heavy atom. The van der Waals surface area contributed by atoms with Gasteiger partial charge in [-0.1, -0.05) is 6.07 Å². The Bertz CT molecular complexity index is 607. The van der Waals surface area contributed by atoms with Crippen LogP contribution in [0.4, 0.5) is 8.78 Å². The molecule has 1 N–H and O–H groups in total. The maximum Gasteiger partial charge on any atom is 0.278 e. The lowest BCUT2D eigenvalue weighted by molar-refractivity contribution is 0.146. The second kappa shape index (κ2) is 3.97. The van der Waals surface area contributed by atoms with Crippen LogP contribution in [0.2, 0.25) is 0 Å². The Hall–Kier alpha value is -1.23. The smallest absolute Gasteiger partial charge is 0.278 e. The van der Waals surface area contributed by atoms with Crippen molar-refractivity contribution in [3.8, 4) is 0 Å². The van der Waals surface area contributed by atoms with E-state index in [1.165, 1.54) is 0 Å². The topological polar surface area (TPSA) is 32.9 Å². The summed E-state index contributed by atoms with van der Waals surface area (Å²) in [5, 5.41) is 0.407. The molecule has 0 spiro atoms. The first kappa shape index (κ1) is 11.3. The molecule has 0 fully saturated rings. The number of rotatable bonds is 1. The number of aromatic nitrogens is 1. The molecule has 2 aromatic rings. The van der Waals surface area contributed by atoms with Crippen molar-refractivity contribution in [3.63, 3.8) is 0 Å². The molecule has 16 heavy (non-hydrogen) atoms. The first-order chi connectivity index (χ1) is 7.50. The number of aromatic amines is 1. The van der Waals surface area contributed by atoms with Crippen LogP contribution in [0.1, 0.15) is 17.7 Å². The van der Waals surface area contributed by atoms with E-state index in [0.29, 0.717) is 15.4 Å². The molecule has 0 saturated heterocycles. The first-order valence-corrected chi connectivity index (χ1v) is 5.40. The predicted molar refractivity (Wildman–Crippen MR) is 62.0 cm³/mol. The lowest BCUT2D eigenvalue weighted by atomic mass is 10.1. The van der Waals surface area contributed by atoms with Crippen LogP contribution in [0.5, 0.6) is 0 Å². The fraction of sp³-hybridized carbons (Fsp3) is 0.182. The first-order valence-electron chi connectivity index (χ1n) is 4.61. The van der Waals surface area contributed by atoms with E-state index in [2.05, 4.69) is 20.9 Å². The van der Waals surface area contributed by atoms with Crippen molar-refractivity contribution >= 4 is 26.8 Å². The molecule has 1 aromatic heterocycles. The number of nitrogens with one attached hydrogen (secondary N) is 1. The number of benzene rings is 1. The summed E-state index contributed by atoms with van der Waals surface area (Å²) in [7, 11) is 0. The zero-order chi connectivity index (χ0) is 11.9. The molecule has 0 aliphatic carbocycles. The molecule has 2 nitrogen and oxygen atoms in total. The molecule has 0 bridgehead atoms. The third kappa shape index (κ3) is 1.75. The van der Waals surface area contributed by atoms with Gasteiger partial charge in [0.2, 0.25) is 0 Å². The van der Waals surface area contributed by atoms with E-state index < -0.39 is 11.9 Å². The van der Waals surface area contributed by atoms with E-state index in [0.717, 1.165) is 11.6 Å². The van der Waals surface area contributed by atoms with Gasteiger partial charge in [0, 0.05) is 10.5 Å². The fourth-order valence-electron chi connectivity index (χ4n) is 1.59. The van der Waals surface area contributed by atoms with Crippen molar-refractivity contribution in [1.29, 1.82) is 0 Å². The zero-order valence-corrected chi connectivity index (χ0v) is 9.94. The van der Waals surface area contributed by atoms with Crippen molar-refractivity contribution in [2.75, 3.05) is 0 Å². The average Bonchev–Trinajstić information content (AvgIpc) is 2.22. The van der Waals surface area contributed by atoms with Gasteiger partial charge in [-0.3, -0.25) is 4.79 Å². The highest BCUT2D eigenvalue weighted by atomic mass is 79.9. The van der Waals surface area contributed by atoms with Gasteiger partial charge in [-0.25, -0.2) is 8.78 Å². The van der Waals surface area contributed by atoms with Crippen molar-refractivity contribution < 1.29 is 8.78 Å². The number of hydrogen-bond donors (Lipinski definition) is 1. The second-order valence-electron chi connectivity index (χ2n) is 3.50. The SMILES string of the molecule is Cc1ccc(Br)c2c(=O)cc(C(F)F)[nH]c12. The van der Waals surface area contributed by atoms with Crippen LogP contribution < -0.4 is 5.43 Å². The molecule has 0 aliphatic rings. The van der Waals surface area contributed by atoms with E-state index in [1.807, 2.05) is 0 Å². The molecular weight excluding hydrogens is 280 g/mol. The summed E-state index contributed by atoms with van der Waals surface area (Å²) in [5.41, 5.74) is 0.466. The van der Waals surface area contributed by atoms with E-state index >= 15 is 0 Å². The van der Waals surface area contributed by atoms with Crippen LogP contribution in [0.15, 0.2) is 27.5 Å². The van der Waals surface area contributed by atoms with Crippen molar-refractivity contribution in [2.45, 2.75) is 13.3 Å². The van der Waals surface area contributed by atoms with Gasteiger partial charge in [0.15, 0.2) is 5.43 Å². The molecule has 1 heterocycles. The Labute approximate surface area is 98.4 Å².